The van der Waals surface area contributed by atoms with Gasteiger partial charge in [-0.1, -0.05) is 0 Å². The summed E-state index contributed by atoms with van der Waals surface area (Å²) in [7, 11) is 0. The molecule has 5 nitrogen and oxygen atoms in total. The first kappa shape index (κ1) is 10.4. The van der Waals surface area contributed by atoms with Gasteiger partial charge in [-0.2, -0.15) is 5.26 Å². The number of amides is 1. The molecule has 2 heterocycles. The highest BCUT2D eigenvalue weighted by Crippen LogP contribution is 2.12. The van der Waals surface area contributed by atoms with Crippen LogP contribution < -0.4 is 10.2 Å². The van der Waals surface area contributed by atoms with Crippen molar-refractivity contribution in [2.24, 2.45) is 0 Å². The highest BCUT2D eigenvalue weighted by atomic mass is 16.2. The van der Waals surface area contributed by atoms with Crippen LogP contribution in [0, 0.1) is 11.3 Å². The van der Waals surface area contributed by atoms with E-state index in [1.807, 2.05) is 11.0 Å². The standard InChI is InChI=1S/C11H12N4O/c12-6-9-2-3-10(14-7-9)15-5-1-4-13-11(16)8-15/h2-3,7H,1,4-5,8H2,(H,13,16). The zero-order chi connectivity index (χ0) is 11.4. The first-order valence-electron chi connectivity index (χ1n) is 5.17. The maximum Gasteiger partial charge on any atom is 0.239 e. The van der Waals surface area contributed by atoms with Crippen LogP contribution in [-0.2, 0) is 4.79 Å². The van der Waals surface area contributed by atoms with Crippen LogP contribution in [0.25, 0.3) is 0 Å². The van der Waals surface area contributed by atoms with Crippen LogP contribution in [0.15, 0.2) is 18.3 Å². The molecule has 1 aliphatic heterocycles. The van der Waals surface area contributed by atoms with E-state index >= 15 is 0 Å². The van der Waals surface area contributed by atoms with E-state index < -0.39 is 0 Å². The third-order valence-corrected chi connectivity index (χ3v) is 2.46. The summed E-state index contributed by atoms with van der Waals surface area (Å²) in [6.45, 7) is 1.85. The summed E-state index contributed by atoms with van der Waals surface area (Å²) in [4.78, 5) is 17.4. The fourth-order valence-electron chi connectivity index (χ4n) is 1.64. The molecule has 16 heavy (non-hydrogen) atoms. The van der Waals surface area contributed by atoms with Gasteiger partial charge in [0.05, 0.1) is 12.1 Å². The molecule has 0 bridgehead atoms. The molecular formula is C11H12N4O. The van der Waals surface area contributed by atoms with Gasteiger partial charge in [-0.05, 0) is 18.6 Å². The molecule has 0 unspecified atom stereocenters. The average Bonchev–Trinajstić information content (AvgIpc) is 2.54. The number of carbonyl (C=O) groups excluding carboxylic acids is 1. The number of hydrogen-bond acceptors (Lipinski definition) is 4. The molecule has 0 spiro atoms. The molecule has 1 aromatic rings. The summed E-state index contributed by atoms with van der Waals surface area (Å²) in [6, 6.07) is 5.51. The number of carbonyl (C=O) groups is 1. The van der Waals surface area contributed by atoms with Crippen molar-refractivity contribution in [3.63, 3.8) is 0 Å². The molecule has 2 rings (SSSR count). The molecule has 1 fully saturated rings. The maximum absolute atomic E-state index is 11.4. The van der Waals surface area contributed by atoms with Gasteiger partial charge in [0.2, 0.25) is 5.91 Å². The predicted molar refractivity (Wildman–Crippen MR) is 58.8 cm³/mol. The van der Waals surface area contributed by atoms with E-state index in [9.17, 15) is 4.79 Å². The number of pyridine rings is 1. The van der Waals surface area contributed by atoms with E-state index in [1.165, 1.54) is 6.20 Å². The lowest BCUT2D eigenvalue weighted by molar-refractivity contribution is -0.119. The summed E-state index contributed by atoms with van der Waals surface area (Å²) in [6.07, 6.45) is 2.44. The molecule has 1 saturated heterocycles. The molecule has 0 radical (unpaired) electrons. The van der Waals surface area contributed by atoms with Crippen LogP contribution in [0.3, 0.4) is 0 Å². The van der Waals surface area contributed by atoms with Crippen LogP contribution in [0.5, 0.6) is 0 Å². The van der Waals surface area contributed by atoms with Crippen molar-refractivity contribution < 1.29 is 4.79 Å². The summed E-state index contributed by atoms with van der Waals surface area (Å²) >= 11 is 0. The Labute approximate surface area is 93.7 Å². The smallest absolute Gasteiger partial charge is 0.239 e. The lowest BCUT2D eigenvalue weighted by Gasteiger charge is -2.19. The number of nitrogens with zero attached hydrogens (tertiary/aromatic N) is 3. The molecule has 1 aromatic heterocycles. The highest BCUT2D eigenvalue weighted by molar-refractivity contribution is 5.81. The SMILES string of the molecule is N#Cc1ccc(N2CCCNC(=O)C2)nc1. The van der Waals surface area contributed by atoms with E-state index in [0.29, 0.717) is 18.7 Å². The zero-order valence-electron chi connectivity index (χ0n) is 8.81. The van der Waals surface area contributed by atoms with Crippen molar-refractivity contribution in [3.05, 3.63) is 23.9 Å². The number of nitrogens with one attached hydrogen (secondary N) is 1. The second-order valence-corrected chi connectivity index (χ2v) is 3.64. The predicted octanol–water partition coefficient (Wildman–Crippen LogP) is 0.280. The molecule has 1 N–H and O–H groups in total. The van der Waals surface area contributed by atoms with E-state index in [1.54, 1.807) is 12.1 Å². The second-order valence-electron chi connectivity index (χ2n) is 3.64. The van der Waals surface area contributed by atoms with Crippen molar-refractivity contribution in [2.75, 3.05) is 24.5 Å². The van der Waals surface area contributed by atoms with Gasteiger partial charge in [-0.25, -0.2) is 4.98 Å². The van der Waals surface area contributed by atoms with E-state index in [4.69, 9.17) is 5.26 Å². The Kier molecular flexibility index (Phi) is 3.01. The van der Waals surface area contributed by atoms with Gasteiger partial charge in [-0.3, -0.25) is 4.79 Å². The Hall–Kier alpha value is -2.09. The van der Waals surface area contributed by atoms with Gasteiger partial charge in [0, 0.05) is 19.3 Å². The third kappa shape index (κ3) is 2.28. The summed E-state index contributed by atoms with van der Waals surface area (Å²) < 4.78 is 0. The fourth-order valence-corrected chi connectivity index (χ4v) is 1.64. The third-order valence-electron chi connectivity index (χ3n) is 2.46. The minimum Gasteiger partial charge on any atom is -0.354 e. The quantitative estimate of drug-likeness (QED) is 0.732. The molecule has 0 saturated carbocycles. The Bertz CT molecular complexity index is 421. The van der Waals surface area contributed by atoms with Crippen LogP contribution in [0.4, 0.5) is 5.82 Å². The number of nitriles is 1. The van der Waals surface area contributed by atoms with Crippen LogP contribution >= 0.6 is 0 Å². The first-order valence-corrected chi connectivity index (χ1v) is 5.17. The van der Waals surface area contributed by atoms with Crippen molar-refractivity contribution >= 4 is 11.7 Å². The monoisotopic (exact) mass is 216 g/mol. The fraction of sp³-hybridized carbons (Fsp3) is 0.364. The molecule has 1 amide bonds. The van der Waals surface area contributed by atoms with Crippen molar-refractivity contribution in [2.45, 2.75) is 6.42 Å². The number of anilines is 1. The van der Waals surface area contributed by atoms with Crippen molar-refractivity contribution in [3.8, 4) is 6.07 Å². The van der Waals surface area contributed by atoms with Gasteiger partial charge < -0.3 is 10.2 Å². The normalized spacial score (nSPS) is 16.2. The lowest BCUT2D eigenvalue weighted by Crippen LogP contribution is -2.33. The van der Waals surface area contributed by atoms with Gasteiger partial charge >= 0.3 is 0 Å². The lowest BCUT2D eigenvalue weighted by atomic mass is 10.3. The molecule has 5 heteroatoms. The van der Waals surface area contributed by atoms with Crippen molar-refractivity contribution in [1.29, 1.82) is 5.26 Å². The van der Waals surface area contributed by atoms with Gasteiger partial charge in [-0.15, -0.1) is 0 Å². The topological polar surface area (TPSA) is 69.0 Å². The van der Waals surface area contributed by atoms with E-state index in [-0.39, 0.29) is 5.91 Å². The number of rotatable bonds is 1. The highest BCUT2D eigenvalue weighted by Gasteiger charge is 2.15. The Balaban J connectivity index is 2.16. The zero-order valence-corrected chi connectivity index (χ0v) is 8.81. The number of hydrogen-bond donors (Lipinski definition) is 1. The van der Waals surface area contributed by atoms with Crippen LogP contribution in [-0.4, -0.2) is 30.5 Å². The van der Waals surface area contributed by atoms with Crippen LogP contribution in [0.1, 0.15) is 12.0 Å². The minimum absolute atomic E-state index is 0.0173. The summed E-state index contributed by atoms with van der Waals surface area (Å²) in [5.74, 6) is 0.764. The Morgan fingerprint density at radius 3 is 3.06 bits per heavy atom. The molecule has 0 aliphatic carbocycles. The molecule has 82 valence electrons. The Morgan fingerprint density at radius 1 is 1.50 bits per heavy atom. The molecule has 0 aromatic carbocycles. The first-order chi connectivity index (χ1) is 7.79. The summed E-state index contributed by atoms with van der Waals surface area (Å²) in [5.41, 5.74) is 0.531. The molecular weight excluding hydrogens is 204 g/mol. The average molecular weight is 216 g/mol. The van der Waals surface area contributed by atoms with Gasteiger partial charge in [0.15, 0.2) is 0 Å². The van der Waals surface area contributed by atoms with Gasteiger partial charge in [0.25, 0.3) is 0 Å². The van der Waals surface area contributed by atoms with Crippen LogP contribution in [0.2, 0.25) is 0 Å². The minimum atomic E-state index is 0.0173. The molecule has 1 aliphatic rings. The largest absolute Gasteiger partial charge is 0.354 e. The summed E-state index contributed by atoms with van der Waals surface area (Å²) in [5, 5.41) is 11.5. The van der Waals surface area contributed by atoms with E-state index in [0.717, 1.165) is 18.8 Å². The van der Waals surface area contributed by atoms with Gasteiger partial charge in [0.1, 0.15) is 11.9 Å². The molecule has 0 atom stereocenters. The van der Waals surface area contributed by atoms with E-state index in [2.05, 4.69) is 10.3 Å². The Morgan fingerprint density at radius 2 is 2.38 bits per heavy atom. The number of aromatic nitrogens is 1. The maximum atomic E-state index is 11.4. The second kappa shape index (κ2) is 4.62. The van der Waals surface area contributed by atoms with Crippen molar-refractivity contribution in [1.82, 2.24) is 10.3 Å².